The van der Waals surface area contributed by atoms with E-state index in [0.29, 0.717) is 0 Å². The molecule has 0 atom stereocenters. The summed E-state index contributed by atoms with van der Waals surface area (Å²) in [6, 6.07) is 23.3. The van der Waals surface area contributed by atoms with E-state index < -0.39 is 7.92 Å². The van der Waals surface area contributed by atoms with E-state index >= 15 is 0 Å². The lowest BCUT2D eigenvalue weighted by Crippen LogP contribution is -2.33. The zero-order chi connectivity index (χ0) is 47.8. The zero-order valence-electron chi connectivity index (χ0n) is 45.8. The third-order valence-electron chi connectivity index (χ3n) is 15.1. The molecule has 1 heteroatoms. The second-order valence-electron chi connectivity index (χ2n) is 21.2. The summed E-state index contributed by atoms with van der Waals surface area (Å²) < 4.78 is 0. The first-order chi connectivity index (χ1) is 33.1. The Kier molecular flexibility index (Phi) is 36.2. The van der Waals surface area contributed by atoms with Gasteiger partial charge in [-0.1, -0.05) is 289 Å². The van der Waals surface area contributed by atoms with Gasteiger partial charge >= 0.3 is 0 Å². The van der Waals surface area contributed by atoms with Crippen LogP contribution in [-0.2, 0) is 38.5 Å². The smallest absolute Gasteiger partial charge is 0.00867 e. The molecule has 0 aliphatic carbocycles. The highest BCUT2D eigenvalue weighted by atomic mass is 31.1. The van der Waals surface area contributed by atoms with E-state index in [2.05, 4.69) is 96.1 Å². The highest BCUT2D eigenvalue weighted by Gasteiger charge is 2.30. The lowest BCUT2D eigenvalue weighted by Gasteiger charge is -2.33. The van der Waals surface area contributed by atoms with E-state index in [-0.39, 0.29) is 0 Å². The van der Waals surface area contributed by atoms with Gasteiger partial charge in [-0.15, -0.1) is 0 Å². The van der Waals surface area contributed by atoms with Gasteiger partial charge in [-0.05, 0) is 134 Å². The fraction of sp³-hybridized carbons (Fsp3) is 0.727. The predicted octanol–water partition coefficient (Wildman–Crippen LogP) is 20.9. The third-order valence-corrected chi connectivity index (χ3v) is 18.1. The van der Waals surface area contributed by atoms with Crippen molar-refractivity contribution in [2.45, 2.75) is 311 Å². The molecule has 380 valence electrons. The van der Waals surface area contributed by atoms with Gasteiger partial charge in [-0.25, -0.2) is 0 Å². The van der Waals surface area contributed by atoms with Crippen LogP contribution in [0, 0.1) is 0 Å². The molecule has 0 saturated carbocycles. The van der Waals surface area contributed by atoms with E-state index in [0.717, 1.165) is 0 Å². The summed E-state index contributed by atoms with van der Waals surface area (Å²) in [6.07, 6.45) is 56.6. The lowest BCUT2D eigenvalue weighted by atomic mass is 9.99. The van der Waals surface area contributed by atoms with Crippen molar-refractivity contribution in [3.63, 3.8) is 0 Å². The van der Waals surface area contributed by atoms with E-state index in [1.54, 1.807) is 33.4 Å². The molecule has 0 unspecified atom stereocenters. The van der Waals surface area contributed by atoms with Crippen LogP contribution in [0.3, 0.4) is 0 Å². The summed E-state index contributed by atoms with van der Waals surface area (Å²) in [5.41, 5.74) is 10.3. The molecule has 0 nitrogen and oxygen atoms in total. The number of unbranched alkanes of at least 4 members (excludes halogenated alkanes) is 30. The minimum atomic E-state index is -0.752. The van der Waals surface area contributed by atoms with Gasteiger partial charge in [-0.3, -0.25) is 0 Å². The molecule has 3 rings (SSSR count). The molecule has 0 N–H and O–H groups in total. The van der Waals surface area contributed by atoms with Crippen LogP contribution in [0.1, 0.15) is 306 Å². The largest absolute Gasteiger partial charge is 0.0654 e. The molecule has 0 aliphatic rings. The number of hydrogen-bond donors (Lipinski definition) is 0. The number of aryl methyl sites for hydroxylation is 6. The van der Waals surface area contributed by atoms with Crippen molar-refractivity contribution in [1.29, 1.82) is 0 Å². The first-order valence-electron chi connectivity index (χ1n) is 30.3. The molecule has 0 fully saturated rings. The standard InChI is InChI=1S/C66H111P/c1-7-13-19-25-31-37-46-58-52-43-53-59(47-38-32-26-20-14-8-2)64(58)67(65-60(48-39-33-27-21-15-9-3)54-44-55-61(65)49-40-34-28-22-16-10-4)66-62(50-41-35-29-23-17-11-5)56-45-57-63(66)51-42-36-30-24-18-12-6/h43-45,52-57H,7-42,46-51H2,1-6H3. The van der Waals surface area contributed by atoms with Gasteiger partial charge in [0.25, 0.3) is 0 Å². The van der Waals surface area contributed by atoms with Crippen LogP contribution in [0.15, 0.2) is 54.6 Å². The van der Waals surface area contributed by atoms with Gasteiger partial charge in [-0.2, -0.15) is 0 Å². The average molecular weight is 936 g/mol. The molecule has 0 heterocycles. The Morgan fingerprint density at radius 2 is 0.358 bits per heavy atom. The molecule has 0 amide bonds. The van der Waals surface area contributed by atoms with Crippen LogP contribution in [0.5, 0.6) is 0 Å². The topological polar surface area (TPSA) is 0 Å². The molecular weight excluding hydrogens is 824 g/mol. The highest BCUT2D eigenvalue weighted by Crippen LogP contribution is 2.43. The molecule has 0 bridgehead atoms. The molecular formula is C66H111P. The van der Waals surface area contributed by atoms with Crippen LogP contribution in [0.25, 0.3) is 0 Å². The average Bonchev–Trinajstić information content (AvgIpc) is 3.34. The van der Waals surface area contributed by atoms with Crippen LogP contribution in [0.2, 0.25) is 0 Å². The van der Waals surface area contributed by atoms with Crippen molar-refractivity contribution >= 4 is 23.8 Å². The molecule has 67 heavy (non-hydrogen) atoms. The number of rotatable bonds is 45. The van der Waals surface area contributed by atoms with Gasteiger partial charge in [0.05, 0.1) is 0 Å². The molecule has 0 spiro atoms. The summed E-state index contributed by atoms with van der Waals surface area (Å²) in [5, 5.41) is 5.45. The Balaban J connectivity index is 2.36. The maximum absolute atomic E-state index is 2.63. The van der Waals surface area contributed by atoms with E-state index in [9.17, 15) is 0 Å². The van der Waals surface area contributed by atoms with Gasteiger partial charge in [0, 0.05) is 0 Å². The molecule has 3 aromatic carbocycles. The van der Waals surface area contributed by atoms with Crippen LogP contribution in [-0.4, -0.2) is 0 Å². The summed E-state index contributed by atoms with van der Waals surface area (Å²) in [5.74, 6) is 0. The summed E-state index contributed by atoms with van der Waals surface area (Å²) in [6.45, 7) is 14.2. The van der Waals surface area contributed by atoms with Gasteiger partial charge < -0.3 is 0 Å². The van der Waals surface area contributed by atoms with Crippen LogP contribution in [0.4, 0.5) is 0 Å². The van der Waals surface area contributed by atoms with Gasteiger partial charge in [0.15, 0.2) is 0 Å². The SMILES string of the molecule is CCCCCCCCc1cccc(CCCCCCCC)c1P(c1c(CCCCCCCC)cccc1CCCCCCCC)c1c(CCCCCCCC)cccc1CCCCCCCC. The summed E-state index contributed by atoms with van der Waals surface area (Å²) in [7, 11) is -0.752. The van der Waals surface area contributed by atoms with E-state index in [4.69, 9.17) is 0 Å². The van der Waals surface area contributed by atoms with E-state index in [1.807, 2.05) is 15.9 Å². The van der Waals surface area contributed by atoms with Crippen molar-refractivity contribution in [2.75, 3.05) is 0 Å². The van der Waals surface area contributed by atoms with Crippen molar-refractivity contribution in [2.24, 2.45) is 0 Å². The fourth-order valence-corrected chi connectivity index (χ4v) is 14.4. The van der Waals surface area contributed by atoms with Crippen LogP contribution < -0.4 is 15.9 Å². The fourth-order valence-electron chi connectivity index (χ4n) is 10.9. The maximum Gasteiger partial charge on any atom is -0.00867 e. The molecule has 0 saturated heterocycles. The Morgan fingerprint density at radius 1 is 0.209 bits per heavy atom. The highest BCUT2D eigenvalue weighted by molar-refractivity contribution is 7.80. The van der Waals surface area contributed by atoms with Gasteiger partial charge in [0.1, 0.15) is 0 Å². The molecule has 3 aromatic rings. The quantitative estimate of drug-likeness (QED) is 0.0391. The lowest BCUT2D eigenvalue weighted by molar-refractivity contribution is 0.605. The molecule has 0 aliphatic heterocycles. The zero-order valence-corrected chi connectivity index (χ0v) is 46.7. The monoisotopic (exact) mass is 935 g/mol. The van der Waals surface area contributed by atoms with Crippen molar-refractivity contribution in [3.8, 4) is 0 Å². The van der Waals surface area contributed by atoms with E-state index in [1.165, 1.54) is 270 Å². The Morgan fingerprint density at radius 3 is 0.522 bits per heavy atom. The third kappa shape index (κ3) is 24.7. The van der Waals surface area contributed by atoms with Gasteiger partial charge in [0.2, 0.25) is 0 Å². The maximum atomic E-state index is 2.63. The Hall–Kier alpha value is -1.91. The molecule has 0 aromatic heterocycles. The first kappa shape index (κ1) is 59.4. The summed E-state index contributed by atoms with van der Waals surface area (Å²) in [4.78, 5) is 0. The van der Waals surface area contributed by atoms with Crippen molar-refractivity contribution < 1.29 is 0 Å². The van der Waals surface area contributed by atoms with Crippen molar-refractivity contribution in [3.05, 3.63) is 88.0 Å². The predicted molar refractivity (Wildman–Crippen MR) is 308 cm³/mol. The van der Waals surface area contributed by atoms with Crippen LogP contribution >= 0.6 is 7.92 Å². The first-order valence-corrected chi connectivity index (χ1v) is 31.6. The molecule has 0 radical (unpaired) electrons. The minimum Gasteiger partial charge on any atom is -0.0654 e. The summed E-state index contributed by atoms with van der Waals surface area (Å²) >= 11 is 0. The van der Waals surface area contributed by atoms with Crippen molar-refractivity contribution in [1.82, 2.24) is 0 Å². The number of benzene rings is 3. The second-order valence-corrected chi connectivity index (χ2v) is 23.2. The number of hydrogen-bond acceptors (Lipinski definition) is 0. The normalized spacial score (nSPS) is 11.7. The Bertz CT molecular complexity index is 1310. The Labute approximate surface area is 421 Å². The minimum absolute atomic E-state index is 0.752. The second kappa shape index (κ2) is 40.8.